The van der Waals surface area contributed by atoms with Crippen molar-refractivity contribution in [3.05, 3.63) is 0 Å². The highest BCUT2D eigenvalue weighted by molar-refractivity contribution is 5.88. The van der Waals surface area contributed by atoms with Crippen LogP contribution in [0.2, 0.25) is 0 Å². The standard InChI is InChI=1S/C4H4N2O/c5-3-6-1-4(7)2-6/h1-2H2. The minimum Gasteiger partial charge on any atom is -0.296 e. The molecule has 1 aliphatic rings. The first-order valence-electron chi connectivity index (χ1n) is 1.99. The van der Waals surface area contributed by atoms with Crippen molar-refractivity contribution < 1.29 is 4.79 Å². The summed E-state index contributed by atoms with van der Waals surface area (Å²) < 4.78 is 0. The van der Waals surface area contributed by atoms with E-state index in [0.717, 1.165) is 0 Å². The molecule has 1 saturated heterocycles. The molecule has 3 nitrogen and oxygen atoms in total. The van der Waals surface area contributed by atoms with E-state index < -0.39 is 0 Å². The van der Waals surface area contributed by atoms with E-state index in [9.17, 15) is 4.79 Å². The van der Waals surface area contributed by atoms with Crippen LogP contribution in [0.25, 0.3) is 0 Å². The SMILES string of the molecule is N#CN1CC(=O)C1. The summed E-state index contributed by atoms with van der Waals surface area (Å²) in [7, 11) is 0. The third-order valence-corrected chi connectivity index (χ3v) is 0.876. The van der Waals surface area contributed by atoms with Crippen molar-refractivity contribution in [1.29, 1.82) is 5.26 Å². The van der Waals surface area contributed by atoms with Crippen LogP contribution in [0.5, 0.6) is 0 Å². The molecule has 0 aromatic rings. The molecule has 1 rings (SSSR count). The second kappa shape index (κ2) is 1.23. The summed E-state index contributed by atoms with van der Waals surface area (Å²) in [5.74, 6) is 0.154. The fourth-order valence-corrected chi connectivity index (χ4v) is 0.450. The first-order chi connectivity index (χ1) is 3.33. The lowest BCUT2D eigenvalue weighted by molar-refractivity contribution is -0.126. The Bertz CT molecular complexity index is 127. The Morgan fingerprint density at radius 2 is 2.29 bits per heavy atom. The van der Waals surface area contributed by atoms with Gasteiger partial charge in [-0.25, -0.2) is 0 Å². The second-order valence-electron chi connectivity index (χ2n) is 1.49. The summed E-state index contributed by atoms with van der Waals surface area (Å²) in [4.78, 5) is 11.5. The van der Waals surface area contributed by atoms with Crippen LogP contribution >= 0.6 is 0 Å². The van der Waals surface area contributed by atoms with Gasteiger partial charge < -0.3 is 0 Å². The Morgan fingerprint density at radius 1 is 1.71 bits per heavy atom. The smallest absolute Gasteiger partial charge is 0.180 e. The van der Waals surface area contributed by atoms with Crippen molar-refractivity contribution in [2.75, 3.05) is 13.1 Å². The lowest BCUT2D eigenvalue weighted by Gasteiger charge is -2.21. The number of hydrogen-bond acceptors (Lipinski definition) is 3. The van der Waals surface area contributed by atoms with Gasteiger partial charge in [0.2, 0.25) is 0 Å². The predicted molar refractivity (Wildman–Crippen MR) is 22.2 cm³/mol. The molecule has 1 aliphatic heterocycles. The van der Waals surface area contributed by atoms with Crippen LogP contribution < -0.4 is 0 Å². The maximum atomic E-state index is 10.1. The van der Waals surface area contributed by atoms with Crippen LogP contribution in [0.4, 0.5) is 0 Å². The minimum absolute atomic E-state index is 0.154. The number of carbonyl (C=O) groups is 1. The molecule has 1 fully saturated rings. The quantitative estimate of drug-likeness (QED) is 0.376. The summed E-state index contributed by atoms with van der Waals surface area (Å²) >= 11 is 0. The Labute approximate surface area is 41.1 Å². The van der Waals surface area contributed by atoms with E-state index in [0.29, 0.717) is 13.1 Å². The molecule has 0 bridgehead atoms. The topological polar surface area (TPSA) is 44.1 Å². The Kier molecular flexibility index (Phi) is 0.724. The number of rotatable bonds is 0. The lowest BCUT2D eigenvalue weighted by atomic mass is 10.2. The van der Waals surface area contributed by atoms with Crippen molar-refractivity contribution in [3.8, 4) is 6.19 Å². The number of hydrogen-bond donors (Lipinski definition) is 0. The zero-order valence-electron chi connectivity index (χ0n) is 3.72. The number of nitrogens with zero attached hydrogens (tertiary/aromatic N) is 2. The Balaban J connectivity index is 2.34. The number of carbonyl (C=O) groups excluding carboxylic acids is 1. The van der Waals surface area contributed by atoms with Crippen LogP contribution in [0.15, 0.2) is 0 Å². The summed E-state index contributed by atoms with van der Waals surface area (Å²) in [5, 5.41) is 8.03. The van der Waals surface area contributed by atoms with Gasteiger partial charge in [0.25, 0.3) is 0 Å². The molecule has 0 unspecified atom stereocenters. The van der Waals surface area contributed by atoms with E-state index in [1.54, 1.807) is 0 Å². The molecule has 1 heterocycles. The molecule has 36 valence electrons. The highest BCUT2D eigenvalue weighted by Gasteiger charge is 2.20. The van der Waals surface area contributed by atoms with Crippen molar-refractivity contribution in [2.45, 2.75) is 0 Å². The van der Waals surface area contributed by atoms with Crippen molar-refractivity contribution in [1.82, 2.24) is 4.90 Å². The Hall–Kier alpha value is -1.04. The molecule has 0 atom stereocenters. The average molecular weight is 96.1 g/mol. The number of ketones is 1. The van der Waals surface area contributed by atoms with E-state index in [2.05, 4.69) is 0 Å². The third kappa shape index (κ3) is 0.541. The van der Waals surface area contributed by atoms with Gasteiger partial charge in [-0.2, -0.15) is 5.26 Å². The molecule has 3 heteroatoms. The van der Waals surface area contributed by atoms with Crippen LogP contribution in [-0.2, 0) is 4.79 Å². The number of Topliss-reactive ketones (excluding diaryl/α,β-unsaturated/α-hetero) is 1. The summed E-state index contributed by atoms with van der Waals surface area (Å²) in [6.07, 6.45) is 1.84. The van der Waals surface area contributed by atoms with E-state index in [4.69, 9.17) is 5.26 Å². The van der Waals surface area contributed by atoms with Gasteiger partial charge in [-0.15, -0.1) is 0 Å². The predicted octanol–water partition coefficient (Wildman–Crippen LogP) is -0.648. The fraction of sp³-hybridized carbons (Fsp3) is 0.500. The summed E-state index contributed by atoms with van der Waals surface area (Å²) in [6, 6.07) is 0. The molecular formula is C4H4N2O. The van der Waals surface area contributed by atoms with E-state index in [1.807, 2.05) is 6.19 Å². The zero-order chi connectivity index (χ0) is 5.28. The van der Waals surface area contributed by atoms with Crippen LogP contribution in [0.3, 0.4) is 0 Å². The summed E-state index contributed by atoms with van der Waals surface area (Å²) in [6.45, 7) is 0.660. The number of likely N-dealkylation sites (tertiary alicyclic amines) is 1. The maximum absolute atomic E-state index is 10.1. The second-order valence-corrected chi connectivity index (χ2v) is 1.49. The minimum atomic E-state index is 0.154. The van der Waals surface area contributed by atoms with Crippen molar-refractivity contribution in [2.24, 2.45) is 0 Å². The van der Waals surface area contributed by atoms with Gasteiger partial charge >= 0.3 is 0 Å². The monoisotopic (exact) mass is 96.0 g/mol. The molecule has 0 amide bonds. The van der Waals surface area contributed by atoms with Gasteiger partial charge in [0.1, 0.15) is 0 Å². The number of nitriles is 1. The average Bonchev–Trinajstić information content (AvgIpc) is 1.58. The Morgan fingerprint density at radius 3 is 2.43 bits per heavy atom. The fourth-order valence-electron chi connectivity index (χ4n) is 0.450. The van der Waals surface area contributed by atoms with E-state index in [1.165, 1.54) is 4.90 Å². The van der Waals surface area contributed by atoms with Crippen LogP contribution in [0, 0.1) is 11.5 Å². The van der Waals surface area contributed by atoms with Gasteiger partial charge in [0.05, 0.1) is 13.1 Å². The van der Waals surface area contributed by atoms with E-state index in [-0.39, 0.29) is 5.78 Å². The van der Waals surface area contributed by atoms with Gasteiger partial charge in [0.15, 0.2) is 12.0 Å². The molecule has 7 heavy (non-hydrogen) atoms. The lowest BCUT2D eigenvalue weighted by Crippen LogP contribution is -2.43. The molecule has 0 saturated carbocycles. The molecular weight excluding hydrogens is 92.1 g/mol. The van der Waals surface area contributed by atoms with Crippen molar-refractivity contribution in [3.63, 3.8) is 0 Å². The normalized spacial score (nSPS) is 18.1. The van der Waals surface area contributed by atoms with E-state index >= 15 is 0 Å². The van der Waals surface area contributed by atoms with Crippen LogP contribution in [-0.4, -0.2) is 23.8 Å². The van der Waals surface area contributed by atoms with Gasteiger partial charge in [-0.1, -0.05) is 0 Å². The maximum Gasteiger partial charge on any atom is 0.180 e. The van der Waals surface area contributed by atoms with Gasteiger partial charge in [0, 0.05) is 0 Å². The molecule has 0 aromatic heterocycles. The zero-order valence-corrected chi connectivity index (χ0v) is 3.72. The summed E-state index contributed by atoms with van der Waals surface area (Å²) in [5.41, 5.74) is 0. The first kappa shape index (κ1) is 4.13. The third-order valence-electron chi connectivity index (χ3n) is 0.876. The highest BCUT2D eigenvalue weighted by Crippen LogP contribution is 1.96. The highest BCUT2D eigenvalue weighted by atomic mass is 16.1. The molecule has 0 radical (unpaired) electrons. The van der Waals surface area contributed by atoms with Gasteiger partial charge in [-0.05, 0) is 0 Å². The van der Waals surface area contributed by atoms with Crippen molar-refractivity contribution >= 4 is 5.78 Å². The molecule has 0 spiro atoms. The molecule has 0 aliphatic carbocycles. The van der Waals surface area contributed by atoms with Gasteiger partial charge in [-0.3, -0.25) is 9.69 Å². The largest absolute Gasteiger partial charge is 0.296 e. The van der Waals surface area contributed by atoms with Crippen LogP contribution in [0.1, 0.15) is 0 Å². The molecule has 0 N–H and O–H groups in total. The first-order valence-corrected chi connectivity index (χ1v) is 1.99. The molecule has 0 aromatic carbocycles.